The number of aryl methyl sites for hydroxylation is 1. The number of hydrogen-bond acceptors (Lipinski definition) is 5. The summed E-state index contributed by atoms with van der Waals surface area (Å²) >= 11 is 5.87. The molecule has 0 fully saturated rings. The van der Waals surface area contributed by atoms with E-state index in [1.807, 2.05) is 0 Å². The molecule has 0 saturated heterocycles. The fourth-order valence-corrected chi connectivity index (χ4v) is 3.20. The monoisotopic (exact) mass is 341 g/mol. The predicted octanol–water partition coefficient (Wildman–Crippen LogP) is 3.63. The van der Waals surface area contributed by atoms with E-state index in [0.717, 1.165) is 0 Å². The van der Waals surface area contributed by atoms with Crippen LogP contribution >= 0.6 is 11.6 Å². The lowest BCUT2D eigenvalue weighted by Gasteiger charge is -2.10. The van der Waals surface area contributed by atoms with Crippen molar-refractivity contribution in [2.24, 2.45) is 0 Å². The number of nitro benzene ring substituents is 1. The van der Waals surface area contributed by atoms with Crippen LogP contribution < -0.4 is 4.18 Å². The van der Waals surface area contributed by atoms with Crippen LogP contribution in [-0.2, 0) is 10.1 Å². The van der Waals surface area contributed by atoms with Crippen molar-refractivity contribution in [3.05, 3.63) is 62.7 Å². The number of nitrogens with zero attached hydrogens (tertiary/aromatic N) is 1. The van der Waals surface area contributed by atoms with Crippen LogP contribution in [0.15, 0.2) is 41.3 Å². The molecule has 22 heavy (non-hydrogen) atoms. The molecule has 116 valence electrons. The van der Waals surface area contributed by atoms with Crippen LogP contribution in [0.1, 0.15) is 11.1 Å². The Morgan fingerprint density at radius 2 is 1.86 bits per heavy atom. The van der Waals surface area contributed by atoms with Crippen LogP contribution in [0.25, 0.3) is 0 Å². The smallest absolute Gasteiger partial charge is 0.339 e. The van der Waals surface area contributed by atoms with Gasteiger partial charge in [-0.3, -0.25) is 10.1 Å². The van der Waals surface area contributed by atoms with Crippen molar-refractivity contribution >= 4 is 27.4 Å². The van der Waals surface area contributed by atoms with E-state index in [2.05, 4.69) is 0 Å². The molecule has 0 aliphatic heterocycles. The highest BCUT2D eigenvalue weighted by Crippen LogP contribution is 2.28. The first-order valence-corrected chi connectivity index (χ1v) is 7.95. The van der Waals surface area contributed by atoms with E-state index in [-0.39, 0.29) is 21.9 Å². The molecule has 0 bridgehead atoms. The van der Waals surface area contributed by atoms with Gasteiger partial charge in [-0.15, -0.1) is 0 Å². The summed E-state index contributed by atoms with van der Waals surface area (Å²) in [7, 11) is -4.18. The van der Waals surface area contributed by atoms with Gasteiger partial charge < -0.3 is 4.18 Å². The van der Waals surface area contributed by atoms with E-state index in [4.69, 9.17) is 15.8 Å². The maximum atomic E-state index is 12.3. The quantitative estimate of drug-likeness (QED) is 0.481. The fraction of sp³-hybridized carbons (Fsp3) is 0.143. The van der Waals surface area contributed by atoms with Crippen molar-refractivity contribution in [2.75, 3.05) is 0 Å². The summed E-state index contributed by atoms with van der Waals surface area (Å²) < 4.78 is 29.7. The van der Waals surface area contributed by atoms with Gasteiger partial charge in [0.05, 0.1) is 4.92 Å². The number of nitro groups is 1. The molecule has 0 aliphatic carbocycles. The van der Waals surface area contributed by atoms with Crippen molar-refractivity contribution in [1.82, 2.24) is 0 Å². The molecule has 2 aromatic rings. The maximum absolute atomic E-state index is 12.3. The van der Waals surface area contributed by atoms with Gasteiger partial charge in [-0.2, -0.15) is 8.42 Å². The van der Waals surface area contributed by atoms with Gasteiger partial charge in [0, 0.05) is 16.7 Å². The molecule has 0 aliphatic rings. The highest BCUT2D eigenvalue weighted by molar-refractivity contribution is 7.87. The second kappa shape index (κ2) is 5.94. The second-order valence-corrected chi connectivity index (χ2v) is 6.53. The first-order chi connectivity index (χ1) is 10.2. The van der Waals surface area contributed by atoms with Crippen molar-refractivity contribution in [2.45, 2.75) is 18.7 Å². The van der Waals surface area contributed by atoms with Gasteiger partial charge in [-0.1, -0.05) is 17.7 Å². The van der Waals surface area contributed by atoms with Gasteiger partial charge in [0.2, 0.25) is 0 Å². The summed E-state index contributed by atoms with van der Waals surface area (Å²) in [6.45, 7) is 3.07. The first-order valence-electron chi connectivity index (χ1n) is 6.17. The summed E-state index contributed by atoms with van der Waals surface area (Å²) in [6, 6.07) is 8.21. The summed E-state index contributed by atoms with van der Waals surface area (Å²) in [6.07, 6.45) is 0. The Morgan fingerprint density at radius 1 is 1.18 bits per heavy atom. The first kappa shape index (κ1) is 16.3. The third kappa shape index (κ3) is 3.20. The van der Waals surface area contributed by atoms with Crippen LogP contribution in [0, 0.1) is 24.0 Å². The van der Waals surface area contributed by atoms with Crippen LogP contribution in [0.2, 0.25) is 5.02 Å². The molecular formula is C14H12ClNO5S. The van der Waals surface area contributed by atoms with Gasteiger partial charge >= 0.3 is 10.1 Å². The lowest BCUT2D eigenvalue weighted by molar-refractivity contribution is -0.385. The molecule has 0 saturated carbocycles. The SMILES string of the molecule is Cc1cc(OS(=O)(=O)c2cccc([N+](=O)[O-])c2C)ccc1Cl. The van der Waals surface area contributed by atoms with Gasteiger partial charge in [-0.05, 0) is 43.7 Å². The predicted molar refractivity (Wildman–Crippen MR) is 81.8 cm³/mol. The van der Waals surface area contributed by atoms with Crippen LogP contribution in [0.4, 0.5) is 5.69 Å². The molecule has 0 unspecified atom stereocenters. The molecule has 0 spiro atoms. The second-order valence-electron chi connectivity index (χ2n) is 4.61. The molecule has 6 nitrogen and oxygen atoms in total. The van der Waals surface area contributed by atoms with Gasteiger partial charge in [-0.25, -0.2) is 0 Å². The Kier molecular flexibility index (Phi) is 4.39. The van der Waals surface area contributed by atoms with Crippen molar-refractivity contribution < 1.29 is 17.5 Å². The average Bonchev–Trinajstić information content (AvgIpc) is 2.42. The number of benzene rings is 2. The Morgan fingerprint density at radius 3 is 2.45 bits per heavy atom. The van der Waals surface area contributed by atoms with Crippen molar-refractivity contribution in [3.63, 3.8) is 0 Å². The normalized spacial score (nSPS) is 11.2. The summed E-state index contributed by atoms with van der Waals surface area (Å²) in [4.78, 5) is 10.0. The zero-order valence-electron chi connectivity index (χ0n) is 11.7. The lowest BCUT2D eigenvalue weighted by Crippen LogP contribution is -2.12. The Bertz CT molecular complexity index is 848. The van der Waals surface area contributed by atoms with Crippen molar-refractivity contribution in [3.8, 4) is 5.75 Å². The Labute approximate surface area is 132 Å². The summed E-state index contributed by atoms with van der Waals surface area (Å²) in [5.41, 5.74) is 0.403. The molecule has 0 heterocycles. The Hall–Kier alpha value is -2.12. The van der Waals surface area contributed by atoms with Crippen LogP contribution in [0.5, 0.6) is 5.75 Å². The van der Waals surface area contributed by atoms with Crippen LogP contribution in [-0.4, -0.2) is 13.3 Å². The minimum Gasteiger partial charge on any atom is -0.379 e. The number of hydrogen-bond donors (Lipinski definition) is 0. The summed E-state index contributed by atoms with van der Waals surface area (Å²) in [5, 5.41) is 11.4. The topological polar surface area (TPSA) is 86.5 Å². The minimum absolute atomic E-state index is 0.0261. The summed E-state index contributed by atoms with van der Waals surface area (Å²) in [5.74, 6) is 0.0906. The molecular weight excluding hydrogens is 330 g/mol. The van der Waals surface area contributed by atoms with Crippen LogP contribution in [0.3, 0.4) is 0 Å². The number of rotatable bonds is 4. The number of halogens is 1. The molecule has 0 N–H and O–H groups in total. The average molecular weight is 342 g/mol. The van der Waals surface area contributed by atoms with E-state index in [0.29, 0.717) is 10.6 Å². The highest BCUT2D eigenvalue weighted by atomic mass is 35.5. The largest absolute Gasteiger partial charge is 0.379 e. The lowest BCUT2D eigenvalue weighted by atomic mass is 10.2. The third-order valence-corrected chi connectivity index (χ3v) is 4.87. The maximum Gasteiger partial charge on any atom is 0.339 e. The minimum atomic E-state index is -4.18. The molecule has 0 aromatic heterocycles. The molecule has 0 atom stereocenters. The molecule has 0 radical (unpaired) electrons. The van der Waals surface area contributed by atoms with E-state index in [1.54, 1.807) is 6.92 Å². The standard InChI is InChI=1S/C14H12ClNO5S/c1-9-8-11(6-7-12(9)15)21-22(19,20)14-5-3-4-13(10(14)2)16(17)18/h3-8H,1-2H3. The highest BCUT2D eigenvalue weighted by Gasteiger charge is 2.24. The van der Waals surface area contributed by atoms with E-state index >= 15 is 0 Å². The van der Waals surface area contributed by atoms with E-state index in [9.17, 15) is 18.5 Å². The fourth-order valence-electron chi connectivity index (χ4n) is 1.91. The van der Waals surface area contributed by atoms with Gasteiger partial charge in [0.1, 0.15) is 10.6 Å². The molecule has 2 rings (SSSR count). The zero-order chi connectivity index (χ0) is 16.5. The van der Waals surface area contributed by atoms with E-state index < -0.39 is 15.0 Å². The Balaban J connectivity index is 2.45. The van der Waals surface area contributed by atoms with Gasteiger partial charge in [0.25, 0.3) is 5.69 Å². The van der Waals surface area contributed by atoms with E-state index in [1.165, 1.54) is 43.3 Å². The molecule has 8 heteroatoms. The van der Waals surface area contributed by atoms with Gasteiger partial charge in [0.15, 0.2) is 0 Å². The van der Waals surface area contributed by atoms with Crippen molar-refractivity contribution in [1.29, 1.82) is 0 Å². The third-order valence-electron chi connectivity index (χ3n) is 3.06. The molecule has 0 amide bonds. The zero-order valence-corrected chi connectivity index (χ0v) is 13.3. The molecule has 2 aromatic carbocycles.